The van der Waals surface area contributed by atoms with Gasteiger partial charge in [0.25, 0.3) is 0 Å². The van der Waals surface area contributed by atoms with Gasteiger partial charge in [0, 0.05) is 13.0 Å². The molecule has 0 radical (unpaired) electrons. The molecule has 0 spiro atoms. The molecule has 1 N–H and O–H groups in total. The van der Waals surface area contributed by atoms with E-state index in [1.807, 2.05) is 6.92 Å². The number of methoxy groups -OCH3 is 1. The number of aliphatic hydroxyl groups is 1. The maximum absolute atomic E-state index is 9.27. The number of aliphatic hydroxyl groups excluding tert-OH is 1. The molecule has 0 aliphatic rings. The van der Waals surface area contributed by atoms with Crippen molar-refractivity contribution in [2.45, 2.75) is 84.5 Å². The van der Waals surface area contributed by atoms with Gasteiger partial charge in [0.05, 0.1) is 6.61 Å². The number of ether oxygens (including phenoxy) is 1. The molecule has 0 amide bonds. The smallest absolute Gasteiger partial charge is 0.146 e. The van der Waals surface area contributed by atoms with Crippen LogP contribution in [0.5, 0.6) is 0 Å². The second-order valence-corrected chi connectivity index (χ2v) is 13.1. The van der Waals surface area contributed by atoms with Crippen LogP contribution in [-0.4, -0.2) is 33.0 Å². The molecule has 0 heterocycles. The highest BCUT2D eigenvalue weighted by molar-refractivity contribution is 6.90. The van der Waals surface area contributed by atoms with Crippen LogP contribution in [0.25, 0.3) is 0 Å². The van der Waals surface area contributed by atoms with Crippen molar-refractivity contribution in [1.82, 2.24) is 0 Å². The standard InChI is InChI=1S/C20H38O2Si/c1-10-19(13-18(8)14-21)20(22-9)11-12-23(15(2)3,16(4)5)17(6)7/h13,15-17,19-21H,10,14H2,1-9H3/b18-13+/t19-,20-/m0/s1. The first-order valence-corrected chi connectivity index (χ1v) is 11.2. The fraction of sp³-hybridized carbons (Fsp3) is 0.800. The average molecular weight is 339 g/mol. The summed E-state index contributed by atoms with van der Waals surface area (Å²) in [6.07, 6.45) is 2.99. The minimum absolute atomic E-state index is 0.0929. The van der Waals surface area contributed by atoms with Crippen molar-refractivity contribution >= 4 is 8.07 Å². The molecule has 3 heteroatoms. The Balaban J connectivity index is 5.73. The van der Waals surface area contributed by atoms with Crippen molar-refractivity contribution in [2.24, 2.45) is 5.92 Å². The van der Waals surface area contributed by atoms with E-state index in [0.717, 1.165) is 12.0 Å². The molecule has 23 heavy (non-hydrogen) atoms. The summed E-state index contributed by atoms with van der Waals surface area (Å²) < 4.78 is 5.71. The SMILES string of the molecule is CC[C@@H](/C=C(\C)CO)[C@H](C#C[Si](C(C)C)(C(C)C)C(C)C)OC. The molecular formula is C20H38O2Si. The van der Waals surface area contributed by atoms with Crippen LogP contribution in [0.2, 0.25) is 16.6 Å². The Bertz CT molecular complexity index is 405. The minimum Gasteiger partial charge on any atom is -0.392 e. The van der Waals surface area contributed by atoms with Crippen molar-refractivity contribution in [1.29, 1.82) is 0 Å². The van der Waals surface area contributed by atoms with Gasteiger partial charge in [-0.1, -0.05) is 66.0 Å². The molecule has 0 saturated heterocycles. The van der Waals surface area contributed by atoms with Crippen LogP contribution >= 0.6 is 0 Å². The predicted molar refractivity (Wildman–Crippen MR) is 104 cm³/mol. The lowest BCUT2D eigenvalue weighted by molar-refractivity contribution is 0.112. The van der Waals surface area contributed by atoms with Gasteiger partial charge in [-0.05, 0) is 30.0 Å². The quantitative estimate of drug-likeness (QED) is 0.375. The van der Waals surface area contributed by atoms with Crippen LogP contribution in [-0.2, 0) is 4.74 Å². The van der Waals surface area contributed by atoms with Gasteiger partial charge >= 0.3 is 0 Å². The second-order valence-electron chi connectivity index (χ2n) is 7.57. The monoisotopic (exact) mass is 338 g/mol. The average Bonchev–Trinajstić information content (AvgIpc) is 2.48. The molecule has 0 saturated carbocycles. The summed E-state index contributed by atoms with van der Waals surface area (Å²) in [5.74, 6) is 3.73. The normalized spacial score (nSPS) is 15.8. The lowest BCUT2D eigenvalue weighted by atomic mass is 9.97. The van der Waals surface area contributed by atoms with Crippen molar-refractivity contribution in [3.63, 3.8) is 0 Å². The Morgan fingerprint density at radius 2 is 1.57 bits per heavy atom. The maximum atomic E-state index is 9.27. The molecule has 134 valence electrons. The third kappa shape index (κ3) is 5.78. The fourth-order valence-corrected chi connectivity index (χ4v) is 9.07. The van der Waals surface area contributed by atoms with Gasteiger partial charge in [0.2, 0.25) is 0 Å². The van der Waals surface area contributed by atoms with Crippen molar-refractivity contribution < 1.29 is 9.84 Å². The van der Waals surface area contributed by atoms with Crippen LogP contribution in [0.4, 0.5) is 0 Å². The summed E-state index contributed by atoms with van der Waals surface area (Å²) in [4.78, 5) is 0. The highest BCUT2D eigenvalue weighted by Crippen LogP contribution is 2.40. The van der Waals surface area contributed by atoms with Gasteiger partial charge in [0.15, 0.2) is 0 Å². The van der Waals surface area contributed by atoms with E-state index in [0.29, 0.717) is 16.6 Å². The van der Waals surface area contributed by atoms with Gasteiger partial charge in [-0.25, -0.2) is 0 Å². The van der Waals surface area contributed by atoms with Crippen molar-refractivity contribution in [2.75, 3.05) is 13.7 Å². The molecule has 0 aliphatic carbocycles. The predicted octanol–water partition coefficient (Wildman–Crippen LogP) is 5.19. The van der Waals surface area contributed by atoms with Crippen LogP contribution < -0.4 is 0 Å². The molecular weight excluding hydrogens is 300 g/mol. The first-order chi connectivity index (χ1) is 10.7. The molecule has 0 aromatic carbocycles. The summed E-state index contributed by atoms with van der Waals surface area (Å²) in [6.45, 7) is 18.2. The second kappa shape index (κ2) is 10.3. The van der Waals surface area contributed by atoms with E-state index in [2.05, 4.69) is 66.0 Å². The van der Waals surface area contributed by atoms with Gasteiger partial charge in [-0.3, -0.25) is 0 Å². The molecule has 0 aromatic rings. The number of rotatable bonds is 8. The molecule has 0 aromatic heterocycles. The van der Waals surface area contributed by atoms with Crippen LogP contribution in [0, 0.1) is 17.4 Å². The summed E-state index contributed by atoms with van der Waals surface area (Å²) in [5.41, 5.74) is 6.63. The molecule has 0 aliphatic heterocycles. The largest absolute Gasteiger partial charge is 0.392 e. The summed E-state index contributed by atoms with van der Waals surface area (Å²) in [7, 11) is 0.0188. The van der Waals surface area contributed by atoms with Gasteiger partial charge in [-0.15, -0.1) is 5.54 Å². The molecule has 2 atom stereocenters. The molecule has 2 nitrogen and oxygen atoms in total. The van der Waals surface area contributed by atoms with Gasteiger partial charge in [0.1, 0.15) is 14.2 Å². The zero-order chi connectivity index (χ0) is 18.2. The van der Waals surface area contributed by atoms with Crippen LogP contribution in [0.15, 0.2) is 11.6 Å². The van der Waals surface area contributed by atoms with E-state index >= 15 is 0 Å². The lowest BCUT2D eigenvalue weighted by Gasteiger charge is -2.38. The van der Waals surface area contributed by atoms with E-state index in [9.17, 15) is 5.11 Å². The molecule has 0 rings (SSSR count). The first kappa shape index (κ1) is 22.4. The Morgan fingerprint density at radius 3 is 1.87 bits per heavy atom. The first-order valence-electron chi connectivity index (χ1n) is 9.00. The Labute approximate surface area is 145 Å². The molecule has 0 unspecified atom stereocenters. The number of hydrogen-bond acceptors (Lipinski definition) is 2. The number of hydrogen-bond donors (Lipinski definition) is 1. The molecule has 0 fully saturated rings. The third-order valence-electron chi connectivity index (χ3n) is 5.16. The van der Waals surface area contributed by atoms with Crippen LogP contribution in [0.3, 0.4) is 0 Å². The zero-order valence-corrected chi connectivity index (χ0v) is 17.7. The minimum atomic E-state index is -1.72. The molecule has 0 bridgehead atoms. The third-order valence-corrected chi connectivity index (χ3v) is 11.5. The summed E-state index contributed by atoms with van der Waals surface area (Å²) >= 11 is 0. The van der Waals surface area contributed by atoms with E-state index in [-0.39, 0.29) is 18.6 Å². The highest BCUT2D eigenvalue weighted by atomic mass is 28.3. The lowest BCUT2D eigenvalue weighted by Crippen LogP contribution is -2.43. The topological polar surface area (TPSA) is 29.5 Å². The van der Waals surface area contributed by atoms with Gasteiger partial charge in [-0.2, -0.15) is 0 Å². The van der Waals surface area contributed by atoms with Gasteiger partial charge < -0.3 is 9.84 Å². The summed E-state index contributed by atoms with van der Waals surface area (Å²) in [6, 6.07) is 0. The highest BCUT2D eigenvalue weighted by Gasteiger charge is 2.41. The van der Waals surface area contributed by atoms with E-state index < -0.39 is 8.07 Å². The fourth-order valence-electron chi connectivity index (χ4n) is 3.81. The van der Waals surface area contributed by atoms with E-state index in [1.54, 1.807) is 7.11 Å². The van der Waals surface area contributed by atoms with Crippen molar-refractivity contribution in [3.8, 4) is 11.5 Å². The Morgan fingerprint density at radius 1 is 1.09 bits per heavy atom. The summed E-state index contributed by atoms with van der Waals surface area (Å²) in [5, 5.41) is 9.27. The maximum Gasteiger partial charge on any atom is 0.146 e. The zero-order valence-electron chi connectivity index (χ0n) is 16.7. The van der Waals surface area contributed by atoms with Crippen LogP contribution in [0.1, 0.15) is 61.8 Å². The van der Waals surface area contributed by atoms with E-state index in [4.69, 9.17) is 4.74 Å². The Kier molecular flexibility index (Phi) is 10.1. The Hall–Kier alpha value is -0.563. The van der Waals surface area contributed by atoms with Crippen molar-refractivity contribution in [3.05, 3.63) is 11.6 Å². The van der Waals surface area contributed by atoms with E-state index in [1.165, 1.54) is 0 Å².